The zero-order chi connectivity index (χ0) is 16.7. The third kappa shape index (κ3) is 2.44. The molecule has 0 bridgehead atoms. The maximum Gasteiger partial charge on any atom is 0.264 e. The highest BCUT2D eigenvalue weighted by Crippen LogP contribution is 2.22. The molecule has 1 aliphatic carbocycles. The Morgan fingerprint density at radius 3 is 2.83 bits per heavy atom. The zero-order valence-corrected chi connectivity index (χ0v) is 13.5. The molecular formula is C18H18N4O2. The summed E-state index contributed by atoms with van der Waals surface area (Å²) in [6.07, 6.45) is 7.41. The lowest BCUT2D eigenvalue weighted by atomic mass is 9.90. The van der Waals surface area contributed by atoms with E-state index in [-0.39, 0.29) is 17.9 Å². The van der Waals surface area contributed by atoms with Crippen LogP contribution in [0.25, 0.3) is 11.0 Å². The van der Waals surface area contributed by atoms with Crippen molar-refractivity contribution in [1.82, 2.24) is 19.3 Å². The molecule has 122 valence electrons. The van der Waals surface area contributed by atoms with Crippen LogP contribution in [0.2, 0.25) is 0 Å². The third-order valence-electron chi connectivity index (χ3n) is 4.70. The number of rotatable bonds is 3. The molecule has 0 amide bonds. The minimum absolute atomic E-state index is 0.00451. The maximum atomic E-state index is 12.6. The average Bonchev–Trinajstić information content (AvgIpc) is 2.98. The molecule has 0 spiro atoms. The van der Waals surface area contributed by atoms with Gasteiger partial charge in [-0.05, 0) is 42.9 Å². The number of aryl methyl sites for hydroxylation is 3. The quantitative estimate of drug-likeness (QED) is 0.691. The Morgan fingerprint density at radius 2 is 2.00 bits per heavy atom. The molecule has 2 heterocycles. The smallest absolute Gasteiger partial charge is 0.264 e. The second-order valence-corrected chi connectivity index (χ2v) is 6.30. The summed E-state index contributed by atoms with van der Waals surface area (Å²) in [6.45, 7) is -0.00451. The first kappa shape index (κ1) is 14.8. The van der Waals surface area contributed by atoms with E-state index in [0.29, 0.717) is 16.6 Å². The van der Waals surface area contributed by atoms with Gasteiger partial charge in [-0.15, -0.1) is 0 Å². The average molecular weight is 322 g/mol. The second-order valence-electron chi connectivity index (χ2n) is 6.30. The normalized spacial score (nSPS) is 13.9. The van der Waals surface area contributed by atoms with Gasteiger partial charge in [0.2, 0.25) is 0 Å². The third-order valence-corrected chi connectivity index (χ3v) is 4.70. The van der Waals surface area contributed by atoms with Crippen molar-refractivity contribution < 1.29 is 4.79 Å². The predicted molar refractivity (Wildman–Crippen MR) is 90.2 cm³/mol. The van der Waals surface area contributed by atoms with E-state index in [0.717, 1.165) is 12.8 Å². The van der Waals surface area contributed by atoms with E-state index in [1.54, 1.807) is 11.7 Å². The molecular weight excluding hydrogens is 304 g/mol. The van der Waals surface area contributed by atoms with Crippen molar-refractivity contribution in [3.05, 3.63) is 57.8 Å². The second kappa shape index (κ2) is 5.70. The fourth-order valence-corrected chi connectivity index (χ4v) is 3.33. The summed E-state index contributed by atoms with van der Waals surface area (Å²) in [5, 5.41) is 4.47. The first-order chi connectivity index (χ1) is 11.6. The number of hydrogen-bond donors (Lipinski definition) is 0. The topological polar surface area (TPSA) is 69.8 Å². The Labute approximate surface area is 138 Å². The van der Waals surface area contributed by atoms with Crippen LogP contribution in [-0.4, -0.2) is 25.1 Å². The van der Waals surface area contributed by atoms with Crippen molar-refractivity contribution in [2.45, 2.75) is 32.2 Å². The number of nitrogens with zero attached hydrogens (tertiary/aromatic N) is 4. The van der Waals surface area contributed by atoms with Gasteiger partial charge in [0.15, 0.2) is 11.4 Å². The lowest BCUT2D eigenvalue weighted by Gasteiger charge is -2.16. The standard InChI is InChI=1S/C18H18N4O2/c1-21-17-15(9-20-21)18(24)22(11-19-17)10-16(23)14-7-6-12-4-2-3-5-13(12)8-14/h6-9,11H,2-5,10H2,1H3. The summed E-state index contributed by atoms with van der Waals surface area (Å²) in [4.78, 5) is 29.3. The van der Waals surface area contributed by atoms with E-state index in [1.165, 1.54) is 41.1 Å². The number of carbonyl (C=O) groups excluding carboxylic acids is 1. The number of carbonyl (C=O) groups is 1. The van der Waals surface area contributed by atoms with Gasteiger partial charge >= 0.3 is 0 Å². The highest BCUT2D eigenvalue weighted by Gasteiger charge is 2.15. The molecule has 0 aliphatic heterocycles. The van der Waals surface area contributed by atoms with Gasteiger partial charge in [-0.2, -0.15) is 5.10 Å². The van der Waals surface area contributed by atoms with Gasteiger partial charge in [0.1, 0.15) is 11.7 Å². The van der Waals surface area contributed by atoms with Crippen molar-refractivity contribution in [1.29, 1.82) is 0 Å². The van der Waals surface area contributed by atoms with Crippen LogP contribution in [0.15, 0.2) is 35.5 Å². The summed E-state index contributed by atoms with van der Waals surface area (Å²) in [5.74, 6) is -0.0736. The van der Waals surface area contributed by atoms with Crippen LogP contribution in [0.4, 0.5) is 0 Å². The molecule has 6 nitrogen and oxygen atoms in total. The molecule has 0 saturated carbocycles. The van der Waals surface area contributed by atoms with E-state index < -0.39 is 0 Å². The Kier molecular flexibility index (Phi) is 3.52. The van der Waals surface area contributed by atoms with Gasteiger partial charge in [0.25, 0.3) is 5.56 Å². The molecule has 6 heteroatoms. The lowest BCUT2D eigenvalue weighted by molar-refractivity contribution is 0.0970. The highest BCUT2D eigenvalue weighted by molar-refractivity contribution is 5.96. The summed E-state index contributed by atoms with van der Waals surface area (Å²) in [6, 6.07) is 5.90. The van der Waals surface area contributed by atoms with Crippen molar-refractivity contribution in [2.75, 3.05) is 0 Å². The van der Waals surface area contributed by atoms with Crippen LogP contribution < -0.4 is 5.56 Å². The fraction of sp³-hybridized carbons (Fsp3) is 0.333. The predicted octanol–water partition coefficient (Wildman–Crippen LogP) is 1.89. The number of benzene rings is 1. The summed E-state index contributed by atoms with van der Waals surface area (Å²) < 4.78 is 2.90. The van der Waals surface area contributed by atoms with Crippen LogP contribution in [0.1, 0.15) is 34.3 Å². The van der Waals surface area contributed by atoms with Gasteiger partial charge in [-0.1, -0.05) is 12.1 Å². The number of ketones is 1. The van der Waals surface area contributed by atoms with Gasteiger partial charge in [0.05, 0.1) is 12.7 Å². The maximum absolute atomic E-state index is 12.6. The summed E-state index contributed by atoms with van der Waals surface area (Å²) in [7, 11) is 1.73. The Bertz CT molecular complexity index is 1000. The monoisotopic (exact) mass is 322 g/mol. The number of Topliss-reactive ketones (excluding diaryl/α,β-unsaturated/α-hetero) is 1. The van der Waals surface area contributed by atoms with Crippen LogP contribution >= 0.6 is 0 Å². The Hall–Kier alpha value is -2.76. The van der Waals surface area contributed by atoms with Crippen molar-refractivity contribution in [3.8, 4) is 0 Å². The molecule has 1 aliphatic rings. The van der Waals surface area contributed by atoms with Crippen molar-refractivity contribution in [2.24, 2.45) is 7.05 Å². The van der Waals surface area contributed by atoms with Crippen LogP contribution in [0.5, 0.6) is 0 Å². The molecule has 0 fully saturated rings. The Morgan fingerprint density at radius 1 is 1.21 bits per heavy atom. The summed E-state index contributed by atoms with van der Waals surface area (Å²) >= 11 is 0. The van der Waals surface area contributed by atoms with E-state index in [9.17, 15) is 9.59 Å². The molecule has 24 heavy (non-hydrogen) atoms. The molecule has 0 saturated heterocycles. The molecule has 3 aromatic rings. The van der Waals surface area contributed by atoms with Crippen molar-refractivity contribution in [3.63, 3.8) is 0 Å². The number of hydrogen-bond acceptors (Lipinski definition) is 4. The van der Waals surface area contributed by atoms with E-state index in [1.807, 2.05) is 18.2 Å². The van der Waals surface area contributed by atoms with E-state index in [4.69, 9.17) is 0 Å². The molecule has 4 rings (SSSR count). The highest BCUT2D eigenvalue weighted by atomic mass is 16.1. The lowest BCUT2D eigenvalue weighted by Crippen LogP contribution is -2.24. The molecule has 0 N–H and O–H groups in total. The number of fused-ring (bicyclic) bond motifs is 2. The number of aromatic nitrogens is 4. The zero-order valence-electron chi connectivity index (χ0n) is 13.5. The van der Waals surface area contributed by atoms with Crippen molar-refractivity contribution >= 4 is 16.8 Å². The van der Waals surface area contributed by atoms with Gasteiger partial charge in [-0.25, -0.2) is 4.98 Å². The molecule has 0 atom stereocenters. The Balaban J connectivity index is 1.64. The summed E-state index contributed by atoms with van der Waals surface area (Å²) in [5.41, 5.74) is 3.56. The molecule has 1 aromatic carbocycles. The van der Waals surface area contributed by atoms with Crippen LogP contribution in [-0.2, 0) is 26.4 Å². The van der Waals surface area contributed by atoms with Crippen LogP contribution in [0.3, 0.4) is 0 Å². The first-order valence-electron chi connectivity index (χ1n) is 8.15. The van der Waals surface area contributed by atoms with Gasteiger partial charge in [0, 0.05) is 12.6 Å². The van der Waals surface area contributed by atoms with E-state index >= 15 is 0 Å². The molecule has 2 aromatic heterocycles. The minimum atomic E-state index is -0.237. The first-order valence-corrected chi connectivity index (χ1v) is 8.15. The van der Waals surface area contributed by atoms with Crippen LogP contribution in [0, 0.1) is 0 Å². The van der Waals surface area contributed by atoms with Gasteiger partial charge < -0.3 is 0 Å². The van der Waals surface area contributed by atoms with E-state index in [2.05, 4.69) is 10.1 Å². The molecule has 0 unspecified atom stereocenters. The molecule has 0 radical (unpaired) electrons. The SMILES string of the molecule is Cn1ncc2c(=O)n(CC(=O)c3ccc4c(c3)CCCC4)cnc21. The minimum Gasteiger partial charge on any atom is -0.292 e. The largest absolute Gasteiger partial charge is 0.292 e. The van der Waals surface area contributed by atoms with Gasteiger partial charge in [-0.3, -0.25) is 18.8 Å². The fourth-order valence-electron chi connectivity index (χ4n) is 3.33.